The molecule has 11 heteroatoms. The quantitative estimate of drug-likeness (QED) is 0.482. The highest BCUT2D eigenvalue weighted by Crippen LogP contribution is 2.41. The number of benzene rings is 1. The second-order valence-electron chi connectivity index (χ2n) is 8.92. The largest absolute Gasteiger partial charge is 0.493 e. The number of methoxy groups -OCH3 is 1. The predicted octanol–water partition coefficient (Wildman–Crippen LogP) is 4.11. The van der Waals surface area contributed by atoms with E-state index < -0.39 is 17.4 Å². The van der Waals surface area contributed by atoms with Crippen LogP contribution in [0.4, 0.5) is 13.2 Å². The van der Waals surface area contributed by atoms with Crippen LogP contribution in [-0.2, 0) is 6.18 Å². The lowest BCUT2D eigenvalue weighted by atomic mass is 9.98. The van der Waals surface area contributed by atoms with Gasteiger partial charge in [0.1, 0.15) is 6.33 Å². The molecular weight excluding hydrogens is 449 g/mol. The highest BCUT2D eigenvalue weighted by Gasteiger charge is 2.36. The molecule has 180 valence electrons. The number of nitrogens with zero attached hydrogens (tertiary/aromatic N) is 5. The molecule has 8 nitrogen and oxygen atoms in total. The van der Waals surface area contributed by atoms with Gasteiger partial charge >= 0.3 is 11.9 Å². The van der Waals surface area contributed by atoms with E-state index in [-0.39, 0.29) is 22.7 Å². The minimum absolute atomic E-state index is 0.0726. The predicted molar refractivity (Wildman–Crippen MR) is 121 cm³/mol. The number of hydrogen-bond acceptors (Lipinski definition) is 5. The average molecular weight is 474 g/mol. The first-order valence-corrected chi connectivity index (χ1v) is 11.1. The zero-order valence-electron chi connectivity index (χ0n) is 19.1. The summed E-state index contributed by atoms with van der Waals surface area (Å²) < 4.78 is 51.0. The minimum Gasteiger partial charge on any atom is -0.493 e. The summed E-state index contributed by atoms with van der Waals surface area (Å²) in [6.07, 6.45) is -0.248. The summed E-state index contributed by atoms with van der Waals surface area (Å²) in [5.41, 5.74) is -0.0471. The third kappa shape index (κ3) is 3.73. The van der Waals surface area contributed by atoms with Crippen molar-refractivity contribution in [3.05, 3.63) is 46.8 Å². The Kier molecular flexibility index (Phi) is 5.38. The molecule has 1 N–H and O–H groups in total. The molecule has 1 saturated heterocycles. The normalized spacial score (nSPS) is 17.8. The molecule has 4 aromatic rings. The van der Waals surface area contributed by atoms with Crippen molar-refractivity contribution < 1.29 is 17.9 Å². The third-order valence-corrected chi connectivity index (χ3v) is 6.56. The van der Waals surface area contributed by atoms with Crippen molar-refractivity contribution in [2.75, 3.05) is 20.2 Å². The first kappa shape index (κ1) is 22.5. The first-order valence-electron chi connectivity index (χ1n) is 11.1. The lowest BCUT2D eigenvalue weighted by Gasteiger charge is -2.35. The van der Waals surface area contributed by atoms with Gasteiger partial charge in [-0.2, -0.15) is 18.3 Å². The van der Waals surface area contributed by atoms with Crippen LogP contribution in [0.3, 0.4) is 0 Å². The number of piperidine rings is 1. The molecule has 4 heterocycles. The lowest BCUT2D eigenvalue weighted by Crippen LogP contribution is -2.42. The Bertz CT molecular complexity index is 1420. The van der Waals surface area contributed by atoms with E-state index in [9.17, 15) is 18.0 Å². The molecule has 0 aliphatic carbocycles. The van der Waals surface area contributed by atoms with E-state index in [4.69, 9.17) is 4.74 Å². The van der Waals surface area contributed by atoms with Crippen molar-refractivity contribution in [2.24, 2.45) is 0 Å². The number of ether oxygens (including phenoxy) is 1. The van der Waals surface area contributed by atoms with E-state index in [2.05, 4.69) is 33.8 Å². The van der Waals surface area contributed by atoms with E-state index in [1.165, 1.54) is 40.8 Å². The standard InChI is InChI=1S/C23H25F3N6O2/c1-13(2)30-6-4-5-15(11-30)32-19-9-17(23(24,25)26)16(8-18(19)29-22(32)33)14-7-20(34-3)21-27-12-28-31(21)10-14/h7-10,12-13,15H,4-6,11H2,1-3H3,(H,29,33)/t15-/m1/s1. The molecule has 1 fully saturated rings. The number of likely N-dealkylation sites (tertiary alicyclic amines) is 1. The van der Waals surface area contributed by atoms with Gasteiger partial charge in [0.2, 0.25) is 0 Å². The van der Waals surface area contributed by atoms with Crippen LogP contribution in [0.2, 0.25) is 0 Å². The molecule has 1 aliphatic heterocycles. The van der Waals surface area contributed by atoms with Gasteiger partial charge in [0.05, 0.1) is 29.7 Å². The Labute approximate surface area is 193 Å². The number of aromatic nitrogens is 5. The number of fused-ring (bicyclic) bond motifs is 2. The number of aromatic amines is 1. The highest BCUT2D eigenvalue weighted by molar-refractivity contribution is 5.85. The van der Waals surface area contributed by atoms with E-state index >= 15 is 0 Å². The second-order valence-corrected chi connectivity index (χ2v) is 8.92. The van der Waals surface area contributed by atoms with Crippen LogP contribution in [-0.4, -0.2) is 55.3 Å². The Morgan fingerprint density at radius 1 is 1.24 bits per heavy atom. The topological polar surface area (TPSA) is 80.5 Å². The maximum absolute atomic E-state index is 14.3. The zero-order valence-corrected chi connectivity index (χ0v) is 19.1. The summed E-state index contributed by atoms with van der Waals surface area (Å²) in [5, 5.41) is 4.05. The summed E-state index contributed by atoms with van der Waals surface area (Å²) in [4.78, 5) is 22.0. The van der Waals surface area contributed by atoms with Crippen molar-refractivity contribution in [1.82, 2.24) is 29.0 Å². The van der Waals surface area contributed by atoms with E-state index in [0.717, 1.165) is 25.5 Å². The van der Waals surface area contributed by atoms with Gasteiger partial charge in [-0.25, -0.2) is 14.3 Å². The first-order chi connectivity index (χ1) is 16.2. The van der Waals surface area contributed by atoms with E-state index in [0.29, 0.717) is 29.5 Å². The second kappa shape index (κ2) is 8.15. The molecule has 0 bridgehead atoms. The van der Waals surface area contributed by atoms with Gasteiger partial charge in [-0.3, -0.25) is 9.47 Å². The average Bonchev–Trinajstić information content (AvgIpc) is 3.40. The molecule has 1 aromatic carbocycles. The Hall–Kier alpha value is -3.34. The van der Waals surface area contributed by atoms with Gasteiger partial charge in [0, 0.05) is 24.3 Å². The summed E-state index contributed by atoms with van der Waals surface area (Å²) >= 11 is 0. The van der Waals surface area contributed by atoms with Crippen molar-refractivity contribution in [1.29, 1.82) is 0 Å². The number of imidazole rings is 1. The molecule has 0 amide bonds. The molecule has 0 radical (unpaired) electrons. The smallest absolute Gasteiger partial charge is 0.417 e. The number of rotatable bonds is 4. The van der Waals surface area contributed by atoms with Gasteiger partial charge in [0.15, 0.2) is 11.4 Å². The monoisotopic (exact) mass is 474 g/mol. The van der Waals surface area contributed by atoms with Crippen LogP contribution < -0.4 is 10.4 Å². The fraction of sp³-hybridized carbons (Fsp3) is 0.435. The van der Waals surface area contributed by atoms with Crippen LogP contribution in [0.5, 0.6) is 5.75 Å². The summed E-state index contributed by atoms with van der Waals surface area (Å²) in [6.45, 7) is 5.69. The summed E-state index contributed by atoms with van der Waals surface area (Å²) in [5.74, 6) is 0.297. The summed E-state index contributed by atoms with van der Waals surface area (Å²) in [7, 11) is 1.42. The number of hydrogen-bond donors (Lipinski definition) is 1. The zero-order chi connectivity index (χ0) is 24.2. The van der Waals surface area contributed by atoms with E-state index in [1.54, 1.807) is 0 Å². The van der Waals surface area contributed by atoms with Gasteiger partial charge < -0.3 is 9.72 Å². The lowest BCUT2D eigenvalue weighted by molar-refractivity contribution is -0.137. The number of pyridine rings is 1. The fourth-order valence-electron chi connectivity index (χ4n) is 4.86. The van der Waals surface area contributed by atoms with Crippen LogP contribution in [0, 0.1) is 0 Å². The number of halogens is 3. The molecule has 1 atom stereocenters. The van der Waals surface area contributed by atoms with Gasteiger partial charge in [-0.05, 0) is 57.0 Å². The molecule has 0 saturated carbocycles. The van der Waals surface area contributed by atoms with Crippen molar-refractivity contribution in [3.8, 4) is 16.9 Å². The van der Waals surface area contributed by atoms with E-state index in [1.807, 2.05) is 0 Å². The van der Waals surface area contributed by atoms with Crippen molar-refractivity contribution in [2.45, 2.75) is 44.9 Å². The van der Waals surface area contributed by atoms with Crippen LogP contribution in [0.1, 0.15) is 38.3 Å². The fourth-order valence-corrected chi connectivity index (χ4v) is 4.86. The molecular formula is C23H25F3N6O2. The van der Waals surface area contributed by atoms with Crippen molar-refractivity contribution >= 4 is 16.7 Å². The summed E-state index contributed by atoms with van der Waals surface area (Å²) in [6, 6.07) is 4.06. The van der Waals surface area contributed by atoms with Gasteiger partial charge in [-0.1, -0.05) is 0 Å². The number of H-pyrrole nitrogens is 1. The molecule has 0 unspecified atom stereocenters. The maximum Gasteiger partial charge on any atom is 0.417 e. The van der Waals surface area contributed by atoms with Gasteiger partial charge in [0.25, 0.3) is 0 Å². The Morgan fingerprint density at radius 3 is 2.74 bits per heavy atom. The number of alkyl halides is 3. The number of nitrogens with one attached hydrogen (secondary N) is 1. The minimum atomic E-state index is -4.64. The SMILES string of the molecule is COc1cc(-c2cc3[nH]c(=O)n([C@@H]4CCCN(C(C)C)C4)c3cc2C(F)(F)F)cn2ncnc12. The van der Waals surface area contributed by atoms with Gasteiger partial charge in [-0.15, -0.1) is 0 Å². The van der Waals surface area contributed by atoms with Crippen LogP contribution in [0.15, 0.2) is 35.5 Å². The molecule has 0 spiro atoms. The maximum atomic E-state index is 14.3. The molecule has 3 aromatic heterocycles. The Balaban J connectivity index is 1.70. The van der Waals surface area contributed by atoms with Crippen LogP contribution in [0.25, 0.3) is 27.8 Å². The third-order valence-electron chi connectivity index (χ3n) is 6.56. The highest BCUT2D eigenvalue weighted by atomic mass is 19.4. The van der Waals surface area contributed by atoms with Crippen molar-refractivity contribution in [3.63, 3.8) is 0 Å². The molecule has 5 rings (SSSR count). The van der Waals surface area contributed by atoms with Crippen LogP contribution >= 0.6 is 0 Å². The Morgan fingerprint density at radius 2 is 2.03 bits per heavy atom. The molecule has 34 heavy (non-hydrogen) atoms. The molecule has 1 aliphatic rings.